The van der Waals surface area contributed by atoms with Crippen LogP contribution >= 0.6 is 0 Å². The molecule has 0 bridgehead atoms. The summed E-state index contributed by atoms with van der Waals surface area (Å²) in [6.07, 6.45) is 14.2. The van der Waals surface area contributed by atoms with Gasteiger partial charge in [0, 0.05) is 68.8 Å². The Labute approximate surface area is 361 Å². The predicted molar refractivity (Wildman–Crippen MR) is 256 cm³/mol. The third-order valence-electron chi connectivity index (χ3n) is 12.6. The highest BCUT2D eigenvalue weighted by Crippen LogP contribution is 2.41. The van der Waals surface area contributed by atoms with Crippen LogP contribution < -0.4 is 0 Å². The van der Waals surface area contributed by atoms with E-state index in [-0.39, 0.29) is 0 Å². The molecule has 1 aliphatic carbocycles. The molecule has 0 atom stereocenters. The highest BCUT2D eigenvalue weighted by molar-refractivity contribution is 6.13. The molecule has 7 heterocycles. The van der Waals surface area contributed by atoms with E-state index < -0.39 is 0 Å². The van der Waals surface area contributed by atoms with Crippen molar-refractivity contribution in [3.8, 4) is 33.8 Å². The average Bonchev–Trinajstić information content (AvgIpc) is 4.01. The van der Waals surface area contributed by atoms with Crippen molar-refractivity contribution in [1.82, 2.24) is 29.1 Å². The van der Waals surface area contributed by atoms with Gasteiger partial charge < -0.3 is 13.6 Å². The minimum Gasteiger partial charge on any atom is -0.456 e. The van der Waals surface area contributed by atoms with Crippen molar-refractivity contribution >= 4 is 77.0 Å². The van der Waals surface area contributed by atoms with E-state index in [9.17, 15) is 0 Å². The first kappa shape index (κ1) is 35.3. The third kappa shape index (κ3) is 5.60. The summed E-state index contributed by atoms with van der Waals surface area (Å²) in [6, 6.07) is 55.5. The molecule has 0 amide bonds. The van der Waals surface area contributed by atoms with Gasteiger partial charge in [-0.15, -0.1) is 0 Å². The number of rotatable bonds is 6. The van der Waals surface area contributed by atoms with Gasteiger partial charge in [-0.25, -0.2) is 0 Å². The lowest BCUT2D eigenvalue weighted by Crippen LogP contribution is -1.98. The molecule has 0 unspecified atom stereocenters. The minimum atomic E-state index is 0.837. The van der Waals surface area contributed by atoms with Crippen LogP contribution in [-0.4, -0.2) is 29.1 Å². The summed E-state index contributed by atoms with van der Waals surface area (Å²) < 4.78 is 11.2. The lowest BCUT2D eigenvalue weighted by molar-refractivity contribution is 0.669. The van der Waals surface area contributed by atoms with Gasteiger partial charge in [0.25, 0.3) is 0 Å². The van der Waals surface area contributed by atoms with Gasteiger partial charge in [-0.2, -0.15) is 0 Å². The lowest BCUT2D eigenvalue weighted by atomic mass is 9.89. The molecular formula is C56H36N6O. The summed E-state index contributed by atoms with van der Waals surface area (Å²) in [5.74, 6) is 0. The molecule has 296 valence electrons. The monoisotopic (exact) mass is 808 g/mol. The number of pyridine rings is 4. The molecule has 0 spiro atoms. The van der Waals surface area contributed by atoms with Gasteiger partial charge in [0.15, 0.2) is 0 Å². The first-order valence-electron chi connectivity index (χ1n) is 21.3. The molecule has 0 radical (unpaired) electrons. The molecule has 63 heavy (non-hydrogen) atoms. The van der Waals surface area contributed by atoms with Crippen LogP contribution in [0.15, 0.2) is 199 Å². The molecule has 0 aliphatic heterocycles. The standard InChI is InChI=1S/C56H36N6O/c1-3-13-41(47-15-5-7-27-57-47)39(11-1)35-19-23-49-45(31-35)55-51(17-9-29-59-55)61(49)37-21-25-53-43(33-37)44-34-38(22-26-54(44)63-53)62-50-24-20-36(32-46(50)56-52(62)18-10-30-60-56)40-12-2-4-14-42(40)48-16-6-8-28-58-48/h1,3,5-34H,2,4H2. The Bertz CT molecular complexity index is 3850. The first-order valence-corrected chi connectivity index (χ1v) is 21.3. The van der Waals surface area contributed by atoms with Crippen molar-refractivity contribution in [2.24, 2.45) is 0 Å². The summed E-state index contributed by atoms with van der Waals surface area (Å²) in [6.45, 7) is 0. The number of benzene rings is 5. The van der Waals surface area contributed by atoms with Crippen LogP contribution in [0.3, 0.4) is 0 Å². The molecule has 13 rings (SSSR count). The zero-order valence-corrected chi connectivity index (χ0v) is 34.0. The van der Waals surface area contributed by atoms with Gasteiger partial charge in [-0.05, 0) is 144 Å². The largest absolute Gasteiger partial charge is 0.456 e. The SMILES string of the molecule is C1=C(c2ccc3c(c2)c2ncccc2n3-c2ccc3oc4ccc(-n5c6ccc(-c7ccccc7-c7ccccn7)cc6c6ncccc65)cc4c3c2)C(c2ccccn2)=CCC1. The van der Waals surface area contributed by atoms with E-state index in [0.29, 0.717) is 0 Å². The second-order valence-electron chi connectivity index (χ2n) is 16.1. The van der Waals surface area contributed by atoms with Crippen molar-refractivity contribution in [1.29, 1.82) is 0 Å². The Morgan fingerprint density at radius 2 is 0.921 bits per heavy atom. The average molecular weight is 809 g/mol. The Morgan fingerprint density at radius 1 is 0.381 bits per heavy atom. The van der Waals surface area contributed by atoms with Gasteiger partial charge in [-0.1, -0.05) is 60.7 Å². The van der Waals surface area contributed by atoms with Gasteiger partial charge in [0.2, 0.25) is 0 Å². The fraction of sp³-hybridized carbons (Fsp3) is 0.0357. The molecule has 7 nitrogen and oxygen atoms in total. The Hall–Kier alpha value is -8.42. The quantitative estimate of drug-likeness (QED) is 0.167. The zero-order chi connectivity index (χ0) is 41.4. The van der Waals surface area contributed by atoms with Gasteiger partial charge in [0.05, 0.1) is 44.5 Å². The molecular weight excluding hydrogens is 773 g/mol. The van der Waals surface area contributed by atoms with Crippen LogP contribution in [-0.2, 0) is 0 Å². The molecule has 0 N–H and O–H groups in total. The maximum atomic E-state index is 6.52. The fourth-order valence-electron chi connectivity index (χ4n) is 9.79. The van der Waals surface area contributed by atoms with E-state index >= 15 is 0 Å². The lowest BCUT2D eigenvalue weighted by Gasteiger charge is -2.17. The second-order valence-corrected chi connectivity index (χ2v) is 16.1. The number of hydrogen-bond acceptors (Lipinski definition) is 5. The van der Waals surface area contributed by atoms with Crippen molar-refractivity contribution in [3.05, 3.63) is 206 Å². The van der Waals surface area contributed by atoms with E-state index in [1.807, 2.05) is 55.1 Å². The van der Waals surface area contributed by atoms with Crippen LogP contribution in [0.5, 0.6) is 0 Å². The van der Waals surface area contributed by atoms with Crippen molar-refractivity contribution < 1.29 is 4.42 Å². The molecule has 7 aromatic heterocycles. The number of furan rings is 1. The van der Waals surface area contributed by atoms with Crippen LogP contribution in [0, 0.1) is 0 Å². The summed E-state index contributed by atoms with van der Waals surface area (Å²) in [5, 5.41) is 4.29. The summed E-state index contributed by atoms with van der Waals surface area (Å²) in [7, 11) is 0. The Balaban J connectivity index is 0.943. The summed E-state index contributed by atoms with van der Waals surface area (Å²) >= 11 is 0. The number of allylic oxidation sites excluding steroid dienone is 4. The Morgan fingerprint density at radius 3 is 1.54 bits per heavy atom. The normalized spacial score (nSPS) is 13.1. The van der Waals surface area contributed by atoms with E-state index in [2.05, 4.69) is 154 Å². The third-order valence-corrected chi connectivity index (χ3v) is 12.6. The van der Waals surface area contributed by atoms with Gasteiger partial charge in [0.1, 0.15) is 11.2 Å². The van der Waals surface area contributed by atoms with Crippen LogP contribution in [0.25, 0.3) is 111 Å². The molecule has 5 aromatic carbocycles. The van der Waals surface area contributed by atoms with Gasteiger partial charge >= 0.3 is 0 Å². The molecule has 12 aromatic rings. The molecule has 0 fully saturated rings. The second kappa shape index (κ2) is 14.1. The van der Waals surface area contributed by atoms with Gasteiger partial charge in [-0.3, -0.25) is 19.9 Å². The molecule has 0 saturated carbocycles. The summed E-state index contributed by atoms with van der Waals surface area (Å²) in [4.78, 5) is 19.3. The fourth-order valence-corrected chi connectivity index (χ4v) is 9.79. The Kier molecular flexibility index (Phi) is 7.90. The van der Waals surface area contributed by atoms with E-state index in [4.69, 9.17) is 19.4 Å². The smallest absolute Gasteiger partial charge is 0.135 e. The highest BCUT2D eigenvalue weighted by atomic mass is 16.3. The van der Waals surface area contributed by atoms with Crippen LogP contribution in [0.2, 0.25) is 0 Å². The number of fused-ring (bicyclic) bond motifs is 9. The van der Waals surface area contributed by atoms with E-state index in [1.165, 1.54) is 16.7 Å². The molecule has 0 saturated heterocycles. The highest BCUT2D eigenvalue weighted by Gasteiger charge is 2.21. The minimum absolute atomic E-state index is 0.837. The zero-order valence-electron chi connectivity index (χ0n) is 34.0. The number of aromatic nitrogens is 6. The van der Waals surface area contributed by atoms with E-state index in [0.717, 1.165) is 118 Å². The first-order chi connectivity index (χ1) is 31.2. The van der Waals surface area contributed by atoms with Crippen LogP contribution in [0.4, 0.5) is 0 Å². The maximum Gasteiger partial charge on any atom is 0.135 e. The maximum absolute atomic E-state index is 6.52. The summed E-state index contributed by atoms with van der Waals surface area (Å²) in [5.41, 5.74) is 18.8. The number of hydrogen-bond donors (Lipinski definition) is 0. The topological polar surface area (TPSA) is 74.6 Å². The van der Waals surface area contributed by atoms with Crippen molar-refractivity contribution in [2.75, 3.05) is 0 Å². The van der Waals surface area contributed by atoms with Crippen LogP contribution in [0.1, 0.15) is 24.1 Å². The predicted octanol–water partition coefficient (Wildman–Crippen LogP) is 14.0. The number of nitrogens with zero attached hydrogens (tertiary/aromatic N) is 6. The van der Waals surface area contributed by atoms with Crippen molar-refractivity contribution in [3.63, 3.8) is 0 Å². The van der Waals surface area contributed by atoms with Crippen molar-refractivity contribution in [2.45, 2.75) is 12.8 Å². The van der Waals surface area contributed by atoms with E-state index in [1.54, 1.807) is 0 Å². The molecule has 1 aliphatic rings. The molecule has 7 heteroatoms.